The number of benzene rings is 1. The van der Waals surface area contributed by atoms with Crippen molar-refractivity contribution in [2.45, 2.75) is 19.5 Å². The Morgan fingerprint density at radius 1 is 1.00 bits per heavy atom. The van der Waals surface area contributed by atoms with Crippen molar-refractivity contribution in [2.24, 2.45) is 0 Å². The summed E-state index contributed by atoms with van der Waals surface area (Å²) in [7, 11) is 0. The number of para-hydroxylation sites is 1. The van der Waals surface area contributed by atoms with Crippen molar-refractivity contribution in [3.05, 3.63) is 59.8 Å². The second-order valence-electron chi connectivity index (χ2n) is 4.35. The van der Waals surface area contributed by atoms with Crippen LogP contribution in [0.2, 0.25) is 0 Å². The van der Waals surface area contributed by atoms with Crippen LogP contribution in [0, 0.1) is 0 Å². The van der Waals surface area contributed by atoms with Crippen LogP contribution in [-0.4, -0.2) is 29.1 Å². The summed E-state index contributed by atoms with van der Waals surface area (Å²) in [6.45, 7) is 1.27. The largest absolute Gasteiger partial charge is 0.350 e. The lowest BCUT2D eigenvalue weighted by Gasteiger charge is -2.01. The molecule has 0 radical (unpaired) electrons. The molecule has 0 aliphatic carbocycles. The highest BCUT2D eigenvalue weighted by Crippen LogP contribution is 2.02. The normalized spacial score (nSPS) is 10.8. The van der Waals surface area contributed by atoms with E-state index < -0.39 is 0 Å². The van der Waals surface area contributed by atoms with Crippen LogP contribution in [0.15, 0.2) is 54.1 Å². The molecule has 0 aliphatic heterocycles. The minimum Gasteiger partial charge on any atom is -0.253 e. The van der Waals surface area contributed by atoms with Gasteiger partial charge in [0.25, 0.3) is 0 Å². The molecule has 102 valence electrons. The van der Waals surface area contributed by atoms with Crippen molar-refractivity contribution in [1.29, 1.82) is 0 Å². The molecule has 1 aromatic carbocycles. The predicted octanol–water partition coefficient (Wildman–Crippen LogP) is 0.716. The monoisotopic (exact) mass is 270 g/mol. The first-order chi connectivity index (χ1) is 9.84. The average molecular weight is 270 g/mol. The lowest BCUT2D eigenvalue weighted by molar-refractivity contribution is 0.489. The van der Waals surface area contributed by atoms with Crippen LogP contribution >= 0.6 is 0 Å². The summed E-state index contributed by atoms with van der Waals surface area (Å²) < 4.78 is 4.73. The maximum atomic E-state index is 12.2. The van der Waals surface area contributed by atoms with Gasteiger partial charge in [-0.25, -0.2) is 19.0 Å². The van der Waals surface area contributed by atoms with E-state index in [1.54, 1.807) is 17.3 Å². The highest BCUT2D eigenvalue weighted by molar-refractivity contribution is 5.30. The van der Waals surface area contributed by atoms with Crippen molar-refractivity contribution < 1.29 is 0 Å². The molecule has 0 aliphatic rings. The molecular formula is C13H14N6O. The van der Waals surface area contributed by atoms with Crippen molar-refractivity contribution in [3.8, 4) is 5.69 Å². The van der Waals surface area contributed by atoms with Crippen molar-refractivity contribution in [3.63, 3.8) is 0 Å². The second-order valence-corrected chi connectivity index (χ2v) is 4.35. The molecule has 7 nitrogen and oxygen atoms in total. The molecule has 2 aromatic heterocycles. The Bertz CT molecular complexity index is 713. The molecular weight excluding hydrogens is 256 g/mol. The van der Waals surface area contributed by atoms with Gasteiger partial charge in [0.2, 0.25) is 0 Å². The summed E-state index contributed by atoms with van der Waals surface area (Å²) in [5.41, 5.74) is 0.690. The topological polar surface area (TPSA) is 70.5 Å². The molecule has 0 bridgehead atoms. The third-order valence-electron chi connectivity index (χ3n) is 2.99. The molecule has 0 N–H and O–H groups in total. The van der Waals surface area contributed by atoms with Crippen LogP contribution in [0.3, 0.4) is 0 Å². The van der Waals surface area contributed by atoms with Gasteiger partial charge in [0.05, 0.1) is 5.69 Å². The summed E-state index contributed by atoms with van der Waals surface area (Å²) in [5, 5.41) is 8.15. The number of hydrogen-bond acceptors (Lipinski definition) is 4. The standard InChI is InChI=1S/C13H14N6O/c20-13-18(12-5-2-1-3-6-12)11-16-19(13)8-4-7-17-10-14-9-15-17/h1-3,5-6,9-11H,4,7-8H2. The highest BCUT2D eigenvalue weighted by atomic mass is 16.2. The minimum atomic E-state index is -0.130. The van der Waals surface area contributed by atoms with E-state index in [-0.39, 0.29) is 5.69 Å². The summed E-state index contributed by atoms with van der Waals surface area (Å²) in [6.07, 6.45) is 5.48. The van der Waals surface area contributed by atoms with Crippen LogP contribution in [0.25, 0.3) is 5.69 Å². The van der Waals surface area contributed by atoms with E-state index in [1.807, 2.05) is 30.3 Å². The van der Waals surface area contributed by atoms with E-state index in [4.69, 9.17) is 0 Å². The Labute approximate surface area is 115 Å². The van der Waals surface area contributed by atoms with Crippen molar-refractivity contribution in [2.75, 3.05) is 0 Å². The van der Waals surface area contributed by atoms with Gasteiger partial charge in [0, 0.05) is 13.1 Å². The van der Waals surface area contributed by atoms with Crippen LogP contribution < -0.4 is 5.69 Å². The van der Waals surface area contributed by atoms with Crippen LogP contribution in [-0.2, 0) is 13.1 Å². The van der Waals surface area contributed by atoms with E-state index in [1.165, 1.54) is 15.6 Å². The Morgan fingerprint density at radius 3 is 2.60 bits per heavy atom. The summed E-state index contributed by atoms with van der Waals surface area (Å²) >= 11 is 0. The zero-order valence-corrected chi connectivity index (χ0v) is 10.8. The fraction of sp³-hybridized carbons (Fsp3) is 0.231. The Kier molecular flexibility index (Phi) is 3.40. The summed E-state index contributed by atoms with van der Waals surface area (Å²) in [6, 6.07) is 9.45. The third-order valence-corrected chi connectivity index (χ3v) is 2.99. The van der Waals surface area contributed by atoms with Gasteiger partial charge in [-0.1, -0.05) is 18.2 Å². The second kappa shape index (κ2) is 5.52. The molecule has 20 heavy (non-hydrogen) atoms. The van der Waals surface area contributed by atoms with Crippen LogP contribution in [0.1, 0.15) is 6.42 Å². The van der Waals surface area contributed by atoms with Gasteiger partial charge in [-0.2, -0.15) is 10.2 Å². The van der Waals surface area contributed by atoms with Gasteiger partial charge in [0.15, 0.2) is 0 Å². The smallest absolute Gasteiger partial charge is 0.253 e. The first kappa shape index (κ1) is 12.3. The Balaban J connectivity index is 1.69. The molecule has 0 amide bonds. The lowest BCUT2D eigenvalue weighted by atomic mass is 10.3. The molecule has 0 unspecified atom stereocenters. The molecule has 0 saturated heterocycles. The average Bonchev–Trinajstić information content (AvgIpc) is 3.11. The number of nitrogens with zero attached hydrogens (tertiary/aromatic N) is 6. The molecule has 0 saturated carbocycles. The number of rotatable bonds is 5. The maximum absolute atomic E-state index is 12.2. The van der Waals surface area contributed by atoms with E-state index in [9.17, 15) is 4.79 Å². The fourth-order valence-corrected chi connectivity index (χ4v) is 1.99. The third kappa shape index (κ3) is 2.51. The molecule has 0 fully saturated rings. The molecule has 3 rings (SSSR count). The zero-order chi connectivity index (χ0) is 13.8. The molecule has 0 spiro atoms. The first-order valence-electron chi connectivity index (χ1n) is 6.37. The van der Waals surface area contributed by atoms with Gasteiger partial charge < -0.3 is 0 Å². The number of hydrogen-bond donors (Lipinski definition) is 0. The quantitative estimate of drug-likeness (QED) is 0.685. The van der Waals surface area contributed by atoms with Gasteiger partial charge in [-0.3, -0.25) is 4.68 Å². The van der Waals surface area contributed by atoms with Gasteiger partial charge in [0.1, 0.15) is 19.0 Å². The van der Waals surface area contributed by atoms with Gasteiger partial charge >= 0.3 is 5.69 Å². The van der Waals surface area contributed by atoms with Gasteiger partial charge in [-0.05, 0) is 18.6 Å². The van der Waals surface area contributed by atoms with E-state index >= 15 is 0 Å². The number of aryl methyl sites for hydroxylation is 2. The SMILES string of the molecule is O=c1n(-c2ccccc2)cnn1CCCn1cncn1. The summed E-state index contributed by atoms with van der Waals surface area (Å²) in [5.74, 6) is 0. The Hall–Kier alpha value is -2.70. The van der Waals surface area contributed by atoms with E-state index in [0.29, 0.717) is 13.1 Å². The fourth-order valence-electron chi connectivity index (χ4n) is 1.99. The zero-order valence-electron chi connectivity index (χ0n) is 10.8. The van der Waals surface area contributed by atoms with Crippen LogP contribution in [0.5, 0.6) is 0 Å². The number of aromatic nitrogens is 6. The van der Waals surface area contributed by atoms with Gasteiger partial charge in [-0.15, -0.1) is 0 Å². The van der Waals surface area contributed by atoms with Crippen LogP contribution in [0.4, 0.5) is 0 Å². The highest BCUT2D eigenvalue weighted by Gasteiger charge is 2.06. The predicted molar refractivity (Wildman–Crippen MR) is 72.5 cm³/mol. The van der Waals surface area contributed by atoms with Crippen molar-refractivity contribution in [1.82, 2.24) is 29.1 Å². The minimum absolute atomic E-state index is 0.130. The molecule has 0 atom stereocenters. The maximum Gasteiger partial charge on any atom is 0.350 e. The Morgan fingerprint density at radius 2 is 1.85 bits per heavy atom. The van der Waals surface area contributed by atoms with E-state index in [2.05, 4.69) is 15.2 Å². The first-order valence-corrected chi connectivity index (χ1v) is 6.37. The summed E-state index contributed by atoms with van der Waals surface area (Å²) in [4.78, 5) is 16.1. The molecule has 2 heterocycles. The molecule has 3 aromatic rings. The lowest BCUT2D eigenvalue weighted by Crippen LogP contribution is -2.24. The van der Waals surface area contributed by atoms with E-state index in [0.717, 1.165) is 12.1 Å². The van der Waals surface area contributed by atoms with Crippen molar-refractivity contribution >= 4 is 0 Å². The molecule has 7 heteroatoms.